The lowest BCUT2D eigenvalue weighted by molar-refractivity contribution is -0.385. The molecule has 1 rings (SSSR count). The average molecular weight is 237 g/mol. The molecule has 0 atom stereocenters. The standard InChI is InChI=1S/C9H7N3O3S/c1-16-9-4-6(12(14)15)2-3-7(9)8(13)5-11-10/h2-5H,1H3. The normalized spacial score (nSPS) is 9.31. The van der Waals surface area contributed by atoms with Gasteiger partial charge in [0.15, 0.2) is 0 Å². The quantitative estimate of drug-likeness (QED) is 0.152. The number of carbonyl (C=O) groups excluding carboxylic acids is 1. The number of carbonyl (C=O) groups is 1. The minimum atomic E-state index is -0.534. The van der Waals surface area contributed by atoms with Gasteiger partial charge < -0.3 is 5.53 Å². The monoisotopic (exact) mass is 237 g/mol. The van der Waals surface area contributed by atoms with Gasteiger partial charge in [-0.25, -0.2) is 0 Å². The fraction of sp³-hybridized carbons (Fsp3) is 0.111. The summed E-state index contributed by atoms with van der Waals surface area (Å²) < 4.78 is 0. The smallest absolute Gasteiger partial charge is 0.328 e. The first-order valence-electron chi connectivity index (χ1n) is 4.14. The molecule has 0 radical (unpaired) electrons. The first kappa shape index (κ1) is 12.1. The molecule has 0 fully saturated rings. The molecule has 0 N–H and O–H groups in total. The van der Waals surface area contributed by atoms with E-state index in [9.17, 15) is 14.9 Å². The summed E-state index contributed by atoms with van der Waals surface area (Å²) in [5.41, 5.74) is 8.43. The van der Waals surface area contributed by atoms with Crippen LogP contribution in [0.25, 0.3) is 5.53 Å². The Bertz CT molecular complexity index is 495. The fourth-order valence-electron chi connectivity index (χ4n) is 1.12. The number of nitrogens with zero attached hydrogens (tertiary/aromatic N) is 3. The number of Topliss-reactive ketones (excluding diaryl/α,β-unsaturated/α-hetero) is 1. The van der Waals surface area contributed by atoms with E-state index in [-0.39, 0.29) is 11.3 Å². The van der Waals surface area contributed by atoms with Gasteiger partial charge in [-0.2, -0.15) is 4.79 Å². The lowest BCUT2D eigenvalue weighted by Crippen LogP contribution is -2.03. The lowest BCUT2D eigenvalue weighted by Gasteiger charge is -2.01. The van der Waals surface area contributed by atoms with Crippen molar-refractivity contribution in [2.75, 3.05) is 6.26 Å². The number of nitro benzene ring substituents is 1. The minimum absolute atomic E-state index is 0.0816. The molecule has 6 nitrogen and oxygen atoms in total. The third kappa shape index (κ3) is 2.53. The Labute approximate surface area is 95.0 Å². The van der Waals surface area contributed by atoms with Crippen molar-refractivity contribution in [2.24, 2.45) is 0 Å². The van der Waals surface area contributed by atoms with Gasteiger partial charge in [-0.3, -0.25) is 14.9 Å². The molecule has 0 aliphatic heterocycles. The van der Waals surface area contributed by atoms with Crippen molar-refractivity contribution >= 4 is 29.4 Å². The maximum absolute atomic E-state index is 11.4. The Morgan fingerprint density at radius 1 is 1.62 bits per heavy atom. The molecule has 0 aromatic heterocycles. The summed E-state index contributed by atoms with van der Waals surface area (Å²) in [4.78, 5) is 24.5. The third-order valence-corrected chi connectivity index (χ3v) is 2.61. The second-order valence-corrected chi connectivity index (χ2v) is 3.60. The summed E-state index contributed by atoms with van der Waals surface area (Å²) in [5.74, 6) is -0.498. The maximum atomic E-state index is 11.4. The summed E-state index contributed by atoms with van der Waals surface area (Å²) in [6, 6.07) is 3.88. The molecule has 0 spiro atoms. The largest absolute Gasteiger partial charge is 0.361 e. The van der Waals surface area contributed by atoms with Crippen LogP contribution in [-0.4, -0.2) is 28.0 Å². The van der Waals surface area contributed by atoms with Crippen LogP contribution in [0.15, 0.2) is 23.1 Å². The van der Waals surface area contributed by atoms with E-state index in [1.165, 1.54) is 30.0 Å². The van der Waals surface area contributed by atoms with E-state index in [1.54, 1.807) is 6.26 Å². The third-order valence-electron chi connectivity index (χ3n) is 1.84. The molecule has 0 bridgehead atoms. The first-order valence-corrected chi connectivity index (χ1v) is 5.36. The van der Waals surface area contributed by atoms with E-state index < -0.39 is 10.7 Å². The highest BCUT2D eigenvalue weighted by Gasteiger charge is 2.16. The van der Waals surface area contributed by atoms with Gasteiger partial charge in [0, 0.05) is 22.6 Å². The molecule has 0 unspecified atom stereocenters. The number of hydrogen-bond donors (Lipinski definition) is 0. The van der Waals surface area contributed by atoms with E-state index >= 15 is 0 Å². The average Bonchev–Trinajstić information content (AvgIpc) is 2.28. The van der Waals surface area contributed by atoms with E-state index in [0.717, 1.165) is 6.21 Å². The van der Waals surface area contributed by atoms with Crippen LogP contribution in [0.4, 0.5) is 5.69 Å². The number of non-ortho nitro benzene ring substituents is 1. The summed E-state index contributed by atoms with van der Waals surface area (Å²) in [7, 11) is 0. The summed E-state index contributed by atoms with van der Waals surface area (Å²) in [6.07, 6.45) is 2.45. The van der Waals surface area contributed by atoms with Crippen LogP contribution in [0.2, 0.25) is 0 Å². The highest BCUT2D eigenvalue weighted by Crippen LogP contribution is 2.25. The van der Waals surface area contributed by atoms with Crippen LogP contribution in [0.1, 0.15) is 10.4 Å². The molecule has 16 heavy (non-hydrogen) atoms. The van der Waals surface area contributed by atoms with E-state index in [2.05, 4.69) is 4.79 Å². The predicted octanol–water partition coefficient (Wildman–Crippen LogP) is 1.80. The number of thioether (sulfide) groups is 1. The van der Waals surface area contributed by atoms with Crippen molar-refractivity contribution < 1.29 is 14.5 Å². The van der Waals surface area contributed by atoms with Crippen LogP contribution in [0.5, 0.6) is 0 Å². The van der Waals surface area contributed by atoms with Gasteiger partial charge in [0.2, 0.25) is 0 Å². The number of benzene rings is 1. The van der Waals surface area contributed by atoms with Crippen LogP contribution in [-0.2, 0) is 0 Å². The van der Waals surface area contributed by atoms with Crippen LogP contribution < -0.4 is 0 Å². The molecule has 0 heterocycles. The highest BCUT2D eigenvalue weighted by molar-refractivity contribution is 7.98. The predicted molar refractivity (Wildman–Crippen MR) is 58.9 cm³/mol. The molecule has 1 aromatic carbocycles. The van der Waals surface area contributed by atoms with Crippen molar-refractivity contribution in [1.82, 2.24) is 0 Å². The number of ketones is 1. The molecular weight excluding hydrogens is 230 g/mol. The van der Waals surface area contributed by atoms with E-state index in [4.69, 9.17) is 5.53 Å². The topological polar surface area (TPSA) is 96.6 Å². The summed E-state index contributed by atoms with van der Waals surface area (Å²) >= 11 is 1.21. The van der Waals surface area contributed by atoms with Crippen molar-refractivity contribution in [3.63, 3.8) is 0 Å². The number of rotatable bonds is 4. The Hall–Kier alpha value is -1.98. The zero-order valence-electron chi connectivity index (χ0n) is 8.28. The minimum Gasteiger partial charge on any atom is -0.361 e. The van der Waals surface area contributed by atoms with Crippen LogP contribution in [0.3, 0.4) is 0 Å². The Morgan fingerprint density at radius 3 is 2.81 bits per heavy atom. The van der Waals surface area contributed by atoms with Crippen molar-refractivity contribution in [1.29, 1.82) is 0 Å². The van der Waals surface area contributed by atoms with Gasteiger partial charge in [0.05, 0.1) is 4.92 Å². The molecule has 82 valence electrons. The van der Waals surface area contributed by atoms with Gasteiger partial charge in [0.25, 0.3) is 11.5 Å². The van der Waals surface area contributed by atoms with Gasteiger partial charge in [-0.05, 0) is 12.3 Å². The zero-order chi connectivity index (χ0) is 12.1. The fourth-order valence-corrected chi connectivity index (χ4v) is 1.75. The van der Waals surface area contributed by atoms with Crippen molar-refractivity contribution in [2.45, 2.75) is 4.90 Å². The van der Waals surface area contributed by atoms with Crippen molar-refractivity contribution in [3.05, 3.63) is 39.4 Å². The maximum Gasteiger partial charge on any atom is 0.328 e. The number of hydrogen-bond acceptors (Lipinski definition) is 4. The SMILES string of the molecule is CSc1cc([N+](=O)[O-])ccc1C(=O)C=[N+]=[N-]. The van der Waals surface area contributed by atoms with Gasteiger partial charge in [0.1, 0.15) is 0 Å². The van der Waals surface area contributed by atoms with Gasteiger partial charge >= 0.3 is 6.21 Å². The molecule has 0 amide bonds. The lowest BCUT2D eigenvalue weighted by atomic mass is 10.1. The molecule has 0 saturated heterocycles. The van der Waals surface area contributed by atoms with Crippen LogP contribution >= 0.6 is 11.8 Å². The molecular formula is C9H7N3O3S. The van der Waals surface area contributed by atoms with Crippen LogP contribution in [0, 0.1) is 10.1 Å². The second kappa shape index (κ2) is 5.20. The Kier molecular flexibility index (Phi) is 3.93. The molecule has 0 aliphatic carbocycles. The highest BCUT2D eigenvalue weighted by atomic mass is 32.2. The first-order chi connectivity index (χ1) is 7.60. The van der Waals surface area contributed by atoms with Crippen molar-refractivity contribution in [3.8, 4) is 0 Å². The Balaban J connectivity index is 3.26. The van der Waals surface area contributed by atoms with Gasteiger partial charge in [-0.1, -0.05) is 0 Å². The summed E-state index contributed by atoms with van der Waals surface area (Å²) in [5, 5.41) is 10.5. The molecule has 0 aliphatic rings. The molecule has 7 heteroatoms. The van der Waals surface area contributed by atoms with E-state index in [0.29, 0.717) is 4.90 Å². The second-order valence-electron chi connectivity index (χ2n) is 2.75. The molecule has 0 saturated carbocycles. The Morgan fingerprint density at radius 2 is 2.31 bits per heavy atom. The summed E-state index contributed by atoms with van der Waals surface area (Å²) in [6.45, 7) is 0. The van der Waals surface area contributed by atoms with E-state index in [1.807, 2.05) is 0 Å². The zero-order valence-corrected chi connectivity index (χ0v) is 9.10. The number of nitro groups is 1. The van der Waals surface area contributed by atoms with Gasteiger partial charge in [-0.15, -0.1) is 11.8 Å². The molecule has 1 aromatic rings.